The molecule has 1 heterocycles. The molecule has 0 aliphatic heterocycles. The molecule has 0 atom stereocenters. The summed E-state index contributed by atoms with van der Waals surface area (Å²) >= 11 is 0. The molecule has 3 rings (SSSR count). The van der Waals surface area contributed by atoms with Crippen LogP contribution in [0.3, 0.4) is 0 Å². The number of anilines is 1. The zero-order chi connectivity index (χ0) is 15.9. The highest BCUT2D eigenvalue weighted by Gasteiger charge is 2.17. The SMILES string of the molecule is Cc1cccc(NS(=O)(=O)c2ccc3oc(=O)[nH]c3c2)c1C. The molecule has 0 amide bonds. The zero-order valence-corrected chi connectivity index (χ0v) is 12.8. The van der Waals surface area contributed by atoms with Crippen LogP contribution >= 0.6 is 0 Å². The topological polar surface area (TPSA) is 92.2 Å². The van der Waals surface area contributed by atoms with Crippen molar-refractivity contribution in [3.63, 3.8) is 0 Å². The van der Waals surface area contributed by atoms with Gasteiger partial charge in [0, 0.05) is 0 Å². The van der Waals surface area contributed by atoms with Crippen molar-refractivity contribution >= 4 is 26.8 Å². The third kappa shape index (κ3) is 2.50. The molecule has 2 N–H and O–H groups in total. The molecule has 6 nitrogen and oxygen atoms in total. The van der Waals surface area contributed by atoms with Gasteiger partial charge in [0.25, 0.3) is 10.0 Å². The number of aromatic amines is 1. The van der Waals surface area contributed by atoms with E-state index in [1.54, 1.807) is 12.1 Å². The number of rotatable bonds is 3. The van der Waals surface area contributed by atoms with Crippen molar-refractivity contribution in [2.75, 3.05) is 4.72 Å². The van der Waals surface area contributed by atoms with Crippen molar-refractivity contribution < 1.29 is 12.8 Å². The number of fused-ring (bicyclic) bond motifs is 1. The summed E-state index contributed by atoms with van der Waals surface area (Å²) in [6.07, 6.45) is 0. The number of nitrogens with one attached hydrogen (secondary N) is 2. The van der Waals surface area contributed by atoms with E-state index in [2.05, 4.69) is 9.71 Å². The molecule has 0 aliphatic carbocycles. The quantitative estimate of drug-likeness (QED) is 0.776. The van der Waals surface area contributed by atoms with Crippen molar-refractivity contribution in [3.8, 4) is 0 Å². The largest absolute Gasteiger partial charge is 0.417 e. The Balaban J connectivity index is 2.04. The van der Waals surface area contributed by atoms with Gasteiger partial charge < -0.3 is 4.42 Å². The predicted octanol–water partition coefficient (Wildman–Crippen LogP) is 2.54. The molecular formula is C15H14N2O4S. The molecule has 2 aromatic carbocycles. The third-order valence-corrected chi connectivity index (χ3v) is 4.91. The molecule has 0 fully saturated rings. The number of aryl methyl sites for hydroxylation is 1. The first-order valence-corrected chi connectivity index (χ1v) is 8.07. The number of benzene rings is 2. The van der Waals surface area contributed by atoms with Crippen LogP contribution in [0.4, 0.5) is 5.69 Å². The zero-order valence-electron chi connectivity index (χ0n) is 12.0. The van der Waals surface area contributed by atoms with Crippen LogP contribution < -0.4 is 10.5 Å². The van der Waals surface area contributed by atoms with Crippen molar-refractivity contribution in [3.05, 3.63) is 58.1 Å². The van der Waals surface area contributed by atoms with E-state index in [0.29, 0.717) is 16.8 Å². The first kappa shape index (κ1) is 14.4. The van der Waals surface area contributed by atoms with Gasteiger partial charge in [-0.05, 0) is 49.2 Å². The lowest BCUT2D eigenvalue weighted by molar-refractivity contribution is 0.555. The maximum absolute atomic E-state index is 12.5. The fourth-order valence-electron chi connectivity index (χ4n) is 2.16. The molecule has 7 heteroatoms. The molecular weight excluding hydrogens is 304 g/mol. The van der Waals surface area contributed by atoms with Crippen LogP contribution in [-0.4, -0.2) is 13.4 Å². The predicted molar refractivity (Wildman–Crippen MR) is 83.6 cm³/mol. The van der Waals surface area contributed by atoms with Gasteiger partial charge in [0.05, 0.1) is 16.1 Å². The van der Waals surface area contributed by atoms with Crippen LogP contribution in [0, 0.1) is 13.8 Å². The number of hydrogen-bond acceptors (Lipinski definition) is 4. The summed E-state index contributed by atoms with van der Waals surface area (Å²) in [5.74, 6) is -0.618. The summed E-state index contributed by atoms with van der Waals surface area (Å²) in [4.78, 5) is 13.6. The molecule has 114 valence electrons. The minimum Gasteiger partial charge on any atom is -0.408 e. The summed E-state index contributed by atoms with van der Waals surface area (Å²) in [5, 5.41) is 0. The second-order valence-corrected chi connectivity index (χ2v) is 6.71. The second kappa shape index (κ2) is 5.03. The molecule has 3 aromatic rings. The third-order valence-electron chi connectivity index (χ3n) is 3.55. The number of sulfonamides is 1. The van der Waals surface area contributed by atoms with Crippen molar-refractivity contribution in [2.45, 2.75) is 18.7 Å². The molecule has 0 saturated carbocycles. The van der Waals surface area contributed by atoms with Crippen molar-refractivity contribution in [1.82, 2.24) is 4.98 Å². The van der Waals surface area contributed by atoms with E-state index in [-0.39, 0.29) is 4.90 Å². The first-order valence-electron chi connectivity index (χ1n) is 6.59. The maximum Gasteiger partial charge on any atom is 0.417 e. The normalized spacial score (nSPS) is 11.7. The first-order chi connectivity index (χ1) is 10.4. The van der Waals surface area contributed by atoms with Gasteiger partial charge in [-0.15, -0.1) is 0 Å². The summed E-state index contributed by atoms with van der Waals surface area (Å²) in [5.41, 5.74) is 3.05. The van der Waals surface area contributed by atoms with E-state index in [4.69, 9.17) is 4.42 Å². The van der Waals surface area contributed by atoms with Gasteiger partial charge in [-0.25, -0.2) is 13.2 Å². The highest BCUT2D eigenvalue weighted by atomic mass is 32.2. The molecule has 0 aliphatic rings. The average molecular weight is 318 g/mol. The van der Waals surface area contributed by atoms with Crippen molar-refractivity contribution in [2.24, 2.45) is 0 Å². The van der Waals surface area contributed by atoms with Crippen LogP contribution in [0.15, 0.2) is 50.5 Å². The minimum absolute atomic E-state index is 0.0537. The van der Waals surface area contributed by atoms with Crippen molar-refractivity contribution in [1.29, 1.82) is 0 Å². The fourth-order valence-corrected chi connectivity index (χ4v) is 3.31. The van der Waals surface area contributed by atoms with Gasteiger partial charge in [-0.2, -0.15) is 0 Å². The Kier molecular flexibility index (Phi) is 3.29. The van der Waals surface area contributed by atoms with Crippen LogP contribution in [0.5, 0.6) is 0 Å². The second-order valence-electron chi connectivity index (χ2n) is 5.03. The lowest BCUT2D eigenvalue weighted by atomic mass is 10.1. The van der Waals surface area contributed by atoms with Crippen LogP contribution in [-0.2, 0) is 10.0 Å². The summed E-state index contributed by atoms with van der Waals surface area (Å²) in [7, 11) is -3.75. The Hall–Kier alpha value is -2.54. The standard InChI is InChI=1S/C15H14N2O4S/c1-9-4-3-5-12(10(9)2)17-22(19,20)11-6-7-14-13(8-11)16-15(18)21-14/h3-8,17H,1-2H3,(H,16,18). The Labute approximate surface area is 126 Å². The molecule has 0 radical (unpaired) electrons. The summed E-state index contributed by atoms with van der Waals surface area (Å²) in [6, 6.07) is 9.62. The van der Waals surface area contributed by atoms with Crippen LogP contribution in [0.25, 0.3) is 11.1 Å². The van der Waals surface area contributed by atoms with Crippen LogP contribution in [0.2, 0.25) is 0 Å². The summed E-state index contributed by atoms with van der Waals surface area (Å²) < 4.78 is 32.4. The molecule has 0 saturated heterocycles. The van der Waals surface area contributed by atoms with E-state index >= 15 is 0 Å². The monoisotopic (exact) mass is 318 g/mol. The summed E-state index contributed by atoms with van der Waals surface area (Å²) in [6.45, 7) is 3.76. The van der Waals surface area contributed by atoms with E-state index in [1.807, 2.05) is 19.9 Å². The number of aromatic nitrogens is 1. The highest BCUT2D eigenvalue weighted by Crippen LogP contribution is 2.23. The Bertz CT molecular complexity index is 1020. The highest BCUT2D eigenvalue weighted by molar-refractivity contribution is 7.92. The molecule has 0 bridgehead atoms. The number of H-pyrrole nitrogens is 1. The Morgan fingerprint density at radius 2 is 1.91 bits per heavy atom. The average Bonchev–Trinajstić information content (AvgIpc) is 2.82. The Morgan fingerprint density at radius 3 is 2.68 bits per heavy atom. The van der Waals surface area contributed by atoms with E-state index in [9.17, 15) is 13.2 Å². The number of hydrogen-bond donors (Lipinski definition) is 2. The van der Waals surface area contributed by atoms with Gasteiger partial charge in [0.2, 0.25) is 0 Å². The van der Waals surface area contributed by atoms with Gasteiger partial charge >= 0.3 is 5.76 Å². The van der Waals surface area contributed by atoms with Gasteiger partial charge in [0.15, 0.2) is 5.58 Å². The molecule has 0 unspecified atom stereocenters. The van der Waals surface area contributed by atoms with Gasteiger partial charge in [0.1, 0.15) is 0 Å². The Morgan fingerprint density at radius 1 is 1.14 bits per heavy atom. The maximum atomic E-state index is 12.5. The van der Waals surface area contributed by atoms with E-state index < -0.39 is 15.8 Å². The fraction of sp³-hybridized carbons (Fsp3) is 0.133. The van der Waals surface area contributed by atoms with Gasteiger partial charge in [-0.1, -0.05) is 12.1 Å². The van der Waals surface area contributed by atoms with Gasteiger partial charge in [-0.3, -0.25) is 9.71 Å². The molecule has 0 spiro atoms. The smallest absolute Gasteiger partial charge is 0.408 e. The molecule has 1 aromatic heterocycles. The lowest BCUT2D eigenvalue weighted by Crippen LogP contribution is -2.14. The van der Waals surface area contributed by atoms with E-state index in [0.717, 1.165) is 11.1 Å². The minimum atomic E-state index is -3.75. The number of oxazole rings is 1. The lowest BCUT2D eigenvalue weighted by Gasteiger charge is -2.12. The van der Waals surface area contributed by atoms with Crippen LogP contribution in [0.1, 0.15) is 11.1 Å². The molecule has 22 heavy (non-hydrogen) atoms. The van der Waals surface area contributed by atoms with E-state index in [1.165, 1.54) is 18.2 Å².